The van der Waals surface area contributed by atoms with Gasteiger partial charge >= 0.3 is 5.97 Å². The number of nitrogens with zero attached hydrogens (tertiary/aromatic N) is 2. The third-order valence-electron chi connectivity index (χ3n) is 6.82. The van der Waals surface area contributed by atoms with Crippen molar-refractivity contribution in [3.63, 3.8) is 0 Å². The van der Waals surface area contributed by atoms with Gasteiger partial charge in [-0.25, -0.2) is 9.79 Å². The van der Waals surface area contributed by atoms with Crippen LogP contribution in [-0.4, -0.2) is 24.3 Å². The normalized spacial score (nSPS) is 15.1. The molecule has 0 fully saturated rings. The number of ether oxygens (including phenoxy) is 2. The van der Waals surface area contributed by atoms with E-state index in [4.69, 9.17) is 14.5 Å². The third kappa shape index (κ3) is 5.76. The Hall–Kier alpha value is -3.27. The monoisotopic (exact) mass is 694 g/mol. The summed E-state index contributed by atoms with van der Waals surface area (Å²) in [6, 6.07) is 20.7. The van der Waals surface area contributed by atoms with Gasteiger partial charge in [0.05, 0.1) is 44.5 Å². The molecule has 0 amide bonds. The van der Waals surface area contributed by atoms with Gasteiger partial charge in [0.15, 0.2) is 4.80 Å². The van der Waals surface area contributed by atoms with Crippen LogP contribution in [0, 0.1) is 0 Å². The lowest BCUT2D eigenvalue weighted by atomic mass is 9.91. The maximum absolute atomic E-state index is 14.1. The minimum absolute atomic E-state index is 0.203. The van der Waals surface area contributed by atoms with Crippen LogP contribution in [0.1, 0.15) is 55.0 Å². The van der Waals surface area contributed by atoms with Gasteiger partial charge in [-0.3, -0.25) is 9.36 Å². The molecule has 9 heteroatoms. The fraction of sp³-hybridized carbons (Fsp3) is 0.219. The van der Waals surface area contributed by atoms with Crippen molar-refractivity contribution < 1.29 is 14.3 Å². The minimum atomic E-state index is -0.710. The molecule has 0 aliphatic carbocycles. The number of fused-ring (bicyclic) bond motifs is 1. The Bertz CT molecular complexity index is 1800. The highest BCUT2D eigenvalue weighted by Gasteiger charge is 2.35. The first-order chi connectivity index (χ1) is 19.7. The number of carbonyl (C=O) groups excluding carboxylic acids is 1. The summed E-state index contributed by atoms with van der Waals surface area (Å²) in [5.74, 6) is 0.513. The fourth-order valence-electron chi connectivity index (χ4n) is 4.83. The quantitative estimate of drug-likeness (QED) is 0.205. The molecular weight excluding hydrogens is 668 g/mol. The molecule has 0 radical (unpaired) electrons. The first-order valence-corrected chi connectivity index (χ1v) is 15.5. The molecule has 41 heavy (non-hydrogen) atoms. The van der Waals surface area contributed by atoms with Gasteiger partial charge < -0.3 is 9.47 Å². The number of esters is 1. The Morgan fingerprint density at radius 2 is 1.73 bits per heavy atom. The van der Waals surface area contributed by atoms with Gasteiger partial charge in [-0.05, 0) is 79.6 Å². The average molecular weight is 696 g/mol. The first-order valence-electron chi connectivity index (χ1n) is 13.1. The molecule has 0 unspecified atom stereocenters. The molecule has 2 heterocycles. The van der Waals surface area contributed by atoms with E-state index in [0.717, 1.165) is 25.6 Å². The lowest BCUT2D eigenvalue weighted by Crippen LogP contribution is -2.40. The number of carbonyl (C=O) groups is 1. The zero-order valence-electron chi connectivity index (χ0n) is 23.0. The number of rotatable bonds is 7. The van der Waals surface area contributed by atoms with E-state index >= 15 is 0 Å². The van der Waals surface area contributed by atoms with Crippen molar-refractivity contribution >= 4 is 60.9 Å². The van der Waals surface area contributed by atoms with Crippen LogP contribution < -0.4 is 19.6 Å². The molecule has 3 aromatic carbocycles. The highest BCUT2D eigenvalue weighted by Crippen LogP contribution is 2.36. The summed E-state index contributed by atoms with van der Waals surface area (Å²) in [6.07, 6.45) is 1.83. The highest BCUT2D eigenvalue weighted by molar-refractivity contribution is 9.11. The van der Waals surface area contributed by atoms with E-state index in [-0.39, 0.29) is 12.2 Å². The second-order valence-electron chi connectivity index (χ2n) is 9.77. The van der Waals surface area contributed by atoms with E-state index < -0.39 is 12.0 Å². The molecule has 1 aliphatic rings. The second kappa shape index (κ2) is 12.3. The maximum Gasteiger partial charge on any atom is 0.338 e. The molecule has 1 atom stereocenters. The standard InChI is InChI=1S/C32H28Br2N2O4S/c1-5-40-31(38)26-27(21-9-7-6-8-10-21)35-32-36(28(26)22-13-11-20(12-14-22)18(2)3)30(37)25(41-32)17-19-15-23(33)29(39-4)24(34)16-19/h6-18,28H,5H2,1-4H3/b25-17-/t28-/m1/s1. The minimum Gasteiger partial charge on any atom is -0.494 e. The Labute approximate surface area is 258 Å². The average Bonchev–Trinajstić information content (AvgIpc) is 3.26. The van der Waals surface area contributed by atoms with Crippen LogP contribution in [0.2, 0.25) is 0 Å². The van der Waals surface area contributed by atoms with Crippen molar-refractivity contribution in [3.05, 3.63) is 123 Å². The Kier molecular flexibility index (Phi) is 8.77. The Morgan fingerprint density at radius 1 is 1.07 bits per heavy atom. The van der Waals surface area contributed by atoms with Crippen LogP contribution in [0.25, 0.3) is 11.8 Å². The van der Waals surface area contributed by atoms with E-state index in [9.17, 15) is 9.59 Å². The number of halogens is 2. The SMILES string of the molecule is CCOC(=O)C1=C(c2ccccc2)N=c2s/c(=C\c3cc(Br)c(OC)c(Br)c3)c(=O)n2[C@@H]1c1ccc(C(C)C)cc1. The molecule has 210 valence electrons. The van der Waals surface area contributed by atoms with Gasteiger partial charge in [0, 0.05) is 5.56 Å². The van der Waals surface area contributed by atoms with Crippen LogP contribution >= 0.6 is 43.2 Å². The van der Waals surface area contributed by atoms with E-state index in [1.807, 2.05) is 72.8 Å². The van der Waals surface area contributed by atoms with Crippen LogP contribution in [-0.2, 0) is 9.53 Å². The molecule has 0 saturated carbocycles. The summed E-state index contributed by atoms with van der Waals surface area (Å²) < 4.78 is 14.6. The van der Waals surface area contributed by atoms with Crippen molar-refractivity contribution in [2.75, 3.05) is 13.7 Å². The summed E-state index contributed by atoms with van der Waals surface area (Å²) in [5.41, 5.74) is 4.17. The number of methoxy groups -OCH3 is 1. The second-order valence-corrected chi connectivity index (χ2v) is 12.5. The van der Waals surface area contributed by atoms with Crippen molar-refractivity contribution in [1.29, 1.82) is 0 Å². The topological polar surface area (TPSA) is 69.9 Å². The van der Waals surface area contributed by atoms with Crippen LogP contribution in [0.4, 0.5) is 0 Å². The summed E-state index contributed by atoms with van der Waals surface area (Å²) >= 11 is 8.38. The van der Waals surface area contributed by atoms with Crippen molar-refractivity contribution in [1.82, 2.24) is 4.57 Å². The fourth-order valence-corrected chi connectivity index (χ4v) is 7.37. The van der Waals surface area contributed by atoms with Crippen molar-refractivity contribution in [3.8, 4) is 5.75 Å². The summed E-state index contributed by atoms with van der Waals surface area (Å²) in [5, 5.41) is 0. The van der Waals surface area contributed by atoms with E-state index in [1.165, 1.54) is 16.9 Å². The molecule has 0 bridgehead atoms. The highest BCUT2D eigenvalue weighted by atomic mass is 79.9. The third-order valence-corrected chi connectivity index (χ3v) is 8.98. The largest absolute Gasteiger partial charge is 0.494 e. The van der Waals surface area contributed by atoms with Gasteiger partial charge in [-0.15, -0.1) is 0 Å². The van der Waals surface area contributed by atoms with Crippen molar-refractivity contribution in [2.24, 2.45) is 4.99 Å². The summed E-state index contributed by atoms with van der Waals surface area (Å²) in [6.45, 7) is 6.24. The summed E-state index contributed by atoms with van der Waals surface area (Å²) in [4.78, 5) is 33.1. The molecule has 4 aromatic rings. The number of hydrogen-bond donors (Lipinski definition) is 0. The van der Waals surface area contributed by atoms with Gasteiger partial charge in [0.2, 0.25) is 0 Å². The van der Waals surface area contributed by atoms with Crippen LogP contribution in [0.15, 0.2) is 91.0 Å². The van der Waals surface area contributed by atoms with Gasteiger partial charge in [-0.1, -0.05) is 79.8 Å². The molecule has 0 spiro atoms. The number of thiazole rings is 1. The van der Waals surface area contributed by atoms with E-state index in [1.54, 1.807) is 18.6 Å². The first kappa shape index (κ1) is 29.2. The molecule has 1 aromatic heterocycles. The number of aromatic nitrogens is 1. The van der Waals surface area contributed by atoms with Gasteiger partial charge in [0.25, 0.3) is 5.56 Å². The summed E-state index contributed by atoms with van der Waals surface area (Å²) in [7, 11) is 1.60. The van der Waals surface area contributed by atoms with Gasteiger partial charge in [0.1, 0.15) is 5.75 Å². The van der Waals surface area contributed by atoms with Crippen LogP contribution in [0.5, 0.6) is 5.75 Å². The molecular formula is C32H28Br2N2O4S. The zero-order valence-corrected chi connectivity index (χ0v) is 27.0. The maximum atomic E-state index is 14.1. The Balaban J connectivity index is 1.80. The van der Waals surface area contributed by atoms with Crippen LogP contribution in [0.3, 0.4) is 0 Å². The molecule has 1 aliphatic heterocycles. The Morgan fingerprint density at radius 3 is 2.32 bits per heavy atom. The molecule has 5 rings (SSSR count). The molecule has 0 N–H and O–H groups in total. The molecule has 0 saturated heterocycles. The van der Waals surface area contributed by atoms with E-state index in [0.29, 0.717) is 32.3 Å². The lowest BCUT2D eigenvalue weighted by Gasteiger charge is -2.26. The van der Waals surface area contributed by atoms with E-state index in [2.05, 4.69) is 45.7 Å². The number of hydrogen-bond acceptors (Lipinski definition) is 6. The predicted octanol–water partition coefficient (Wildman–Crippen LogP) is 6.59. The smallest absolute Gasteiger partial charge is 0.338 e. The van der Waals surface area contributed by atoms with Crippen molar-refractivity contribution in [2.45, 2.75) is 32.7 Å². The molecule has 6 nitrogen and oxygen atoms in total. The number of benzene rings is 3. The lowest BCUT2D eigenvalue weighted by molar-refractivity contribution is -0.138. The zero-order chi connectivity index (χ0) is 29.3. The van der Waals surface area contributed by atoms with Gasteiger partial charge in [-0.2, -0.15) is 0 Å². The predicted molar refractivity (Wildman–Crippen MR) is 170 cm³/mol.